The molecule has 1 saturated heterocycles. The Morgan fingerprint density at radius 3 is 2.73 bits per heavy atom. The molecule has 0 N–H and O–H groups in total. The number of benzene rings is 2. The summed E-state index contributed by atoms with van der Waals surface area (Å²) in [7, 11) is 0. The van der Waals surface area contributed by atoms with Gasteiger partial charge in [0, 0.05) is 31.0 Å². The number of nitrogens with zero attached hydrogens (tertiary/aromatic N) is 4. The van der Waals surface area contributed by atoms with Crippen molar-refractivity contribution in [2.45, 2.75) is 13.0 Å². The molecular formula is C24H18ClFN4O2S. The van der Waals surface area contributed by atoms with Crippen LogP contribution in [-0.4, -0.2) is 28.3 Å². The number of hydrogen-bond donors (Lipinski definition) is 0. The summed E-state index contributed by atoms with van der Waals surface area (Å²) in [5, 5.41) is 1.03. The standard InChI is InChI=1S/C24H18ClFN4O2S/c25-19-4-1-5-20-22(19)28-24(33-20)30(13-15-3-2-10-27-12-15)23(32)16-11-21(31)29(14-16)18-8-6-17(26)7-9-18/h1-10,12,16H,11,13-14H2. The van der Waals surface area contributed by atoms with E-state index in [2.05, 4.69) is 9.97 Å². The van der Waals surface area contributed by atoms with E-state index in [9.17, 15) is 14.0 Å². The first kappa shape index (κ1) is 21.5. The third-order valence-corrected chi connectivity index (χ3v) is 6.88. The number of pyridine rings is 1. The number of hydrogen-bond acceptors (Lipinski definition) is 5. The number of anilines is 2. The summed E-state index contributed by atoms with van der Waals surface area (Å²) in [5.41, 5.74) is 2.05. The zero-order valence-electron chi connectivity index (χ0n) is 17.3. The molecule has 1 unspecified atom stereocenters. The molecule has 9 heteroatoms. The number of carbonyl (C=O) groups is 2. The van der Waals surface area contributed by atoms with E-state index in [0.717, 1.165) is 10.3 Å². The number of para-hydroxylation sites is 1. The number of fused-ring (bicyclic) bond motifs is 1. The molecule has 1 aliphatic rings. The Hall–Kier alpha value is -3.36. The minimum atomic E-state index is -0.554. The molecule has 2 amide bonds. The Morgan fingerprint density at radius 1 is 1.18 bits per heavy atom. The van der Waals surface area contributed by atoms with Crippen LogP contribution in [0.1, 0.15) is 12.0 Å². The van der Waals surface area contributed by atoms with Crippen molar-refractivity contribution in [2.24, 2.45) is 5.92 Å². The summed E-state index contributed by atoms with van der Waals surface area (Å²) in [5.74, 6) is -1.31. The predicted molar refractivity (Wildman–Crippen MR) is 127 cm³/mol. The van der Waals surface area contributed by atoms with Crippen LogP contribution in [0, 0.1) is 11.7 Å². The topological polar surface area (TPSA) is 66.4 Å². The maximum absolute atomic E-state index is 13.7. The lowest BCUT2D eigenvalue weighted by Gasteiger charge is -2.23. The van der Waals surface area contributed by atoms with Gasteiger partial charge in [-0.15, -0.1) is 0 Å². The summed E-state index contributed by atoms with van der Waals surface area (Å²) in [6, 6.07) is 14.9. The predicted octanol–water partition coefficient (Wildman–Crippen LogP) is 5.07. The van der Waals surface area contributed by atoms with Gasteiger partial charge in [0.1, 0.15) is 11.3 Å². The highest BCUT2D eigenvalue weighted by molar-refractivity contribution is 7.22. The van der Waals surface area contributed by atoms with Gasteiger partial charge in [0.05, 0.1) is 22.2 Å². The summed E-state index contributed by atoms with van der Waals surface area (Å²) >= 11 is 7.69. The lowest BCUT2D eigenvalue weighted by atomic mass is 10.1. The van der Waals surface area contributed by atoms with E-state index in [1.807, 2.05) is 24.3 Å². The highest BCUT2D eigenvalue weighted by atomic mass is 35.5. The third kappa shape index (κ3) is 4.31. The van der Waals surface area contributed by atoms with Crippen LogP contribution in [0.3, 0.4) is 0 Å². The molecule has 6 nitrogen and oxygen atoms in total. The van der Waals surface area contributed by atoms with Gasteiger partial charge in [-0.2, -0.15) is 0 Å². The van der Waals surface area contributed by atoms with E-state index < -0.39 is 5.92 Å². The van der Waals surface area contributed by atoms with Crippen LogP contribution in [0.25, 0.3) is 10.2 Å². The molecule has 1 atom stereocenters. The zero-order chi connectivity index (χ0) is 22.9. The van der Waals surface area contributed by atoms with E-state index >= 15 is 0 Å². The SMILES string of the molecule is O=C1CC(C(=O)N(Cc2cccnc2)c2nc3c(Cl)cccc3s2)CN1c1ccc(F)cc1. The van der Waals surface area contributed by atoms with Crippen LogP contribution in [-0.2, 0) is 16.1 Å². The highest BCUT2D eigenvalue weighted by Crippen LogP contribution is 2.35. The van der Waals surface area contributed by atoms with Crippen LogP contribution < -0.4 is 9.80 Å². The maximum atomic E-state index is 13.7. The first-order valence-electron chi connectivity index (χ1n) is 10.3. The van der Waals surface area contributed by atoms with E-state index in [1.54, 1.807) is 35.5 Å². The summed E-state index contributed by atoms with van der Waals surface area (Å²) < 4.78 is 14.2. The number of thiazole rings is 1. The molecule has 33 heavy (non-hydrogen) atoms. The smallest absolute Gasteiger partial charge is 0.234 e. The van der Waals surface area contributed by atoms with Gasteiger partial charge in [-0.05, 0) is 48.0 Å². The van der Waals surface area contributed by atoms with Crippen molar-refractivity contribution in [1.29, 1.82) is 0 Å². The number of aromatic nitrogens is 2. The van der Waals surface area contributed by atoms with Crippen molar-refractivity contribution in [3.8, 4) is 0 Å². The number of carbonyl (C=O) groups excluding carboxylic acids is 2. The van der Waals surface area contributed by atoms with Crippen molar-refractivity contribution in [1.82, 2.24) is 9.97 Å². The van der Waals surface area contributed by atoms with E-state index in [4.69, 9.17) is 11.6 Å². The van der Waals surface area contributed by atoms with Crippen LogP contribution in [0.5, 0.6) is 0 Å². The first-order valence-corrected chi connectivity index (χ1v) is 11.5. The molecule has 0 saturated carbocycles. The van der Waals surface area contributed by atoms with Crippen molar-refractivity contribution in [3.63, 3.8) is 0 Å². The molecule has 3 heterocycles. The quantitative estimate of drug-likeness (QED) is 0.400. The molecule has 4 aromatic rings. The zero-order valence-corrected chi connectivity index (χ0v) is 18.9. The molecular weight excluding hydrogens is 463 g/mol. The molecule has 2 aromatic heterocycles. The average molecular weight is 481 g/mol. The fraction of sp³-hybridized carbons (Fsp3) is 0.167. The minimum Gasteiger partial charge on any atom is -0.312 e. The second kappa shape index (κ2) is 8.88. The van der Waals surface area contributed by atoms with Gasteiger partial charge in [-0.1, -0.05) is 35.1 Å². The molecule has 0 aliphatic carbocycles. The second-order valence-electron chi connectivity index (χ2n) is 7.75. The molecule has 0 bridgehead atoms. The van der Waals surface area contributed by atoms with Gasteiger partial charge < -0.3 is 4.90 Å². The minimum absolute atomic E-state index is 0.0748. The van der Waals surface area contributed by atoms with Gasteiger partial charge >= 0.3 is 0 Å². The average Bonchev–Trinajstić information content (AvgIpc) is 3.43. The monoisotopic (exact) mass is 480 g/mol. The molecule has 5 rings (SSSR count). The Labute approximate surface area is 198 Å². The lowest BCUT2D eigenvalue weighted by Crippen LogP contribution is -2.37. The number of rotatable bonds is 5. The molecule has 1 fully saturated rings. The summed E-state index contributed by atoms with van der Waals surface area (Å²) in [6.45, 7) is 0.490. The number of amides is 2. The van der Waals surface area contributed by atoms with E-state index in [0.29, 0.717) is 21.4 Å². The van der Waals surface area contributed by atoms with Crippen molar-refractivity contribution < 1.29 is 14.0 Å². The lowest BCUT2D eigenvalue weighted by molar-refractivity contribution is -0.124. The molecule has 0 spiro atoms. The molecule has 2 aromatic carbocycles. The van der Waals surface area contributed by atoms with Crippen LogP contribution in [0.2, 0.25) is 5.02 Å². The van der Waals surface area contributed by atoms with E-state index in [1.165, 1.54) is 28.4 Å². The van der Waals surface area contributed by atoms with Gasteiger partial charge in [-0.25, -0.2) is 9.37 Å². The second-order valence-corrected chi connectivity index (χ2v) is 9.17. The molecule has 0 radical (unpaired) electrons. The molecule has 166 valence electrons. The van der Waals surface area contributed by atoms with Gasteiger partial charge in [0.15, 0.2) is 5.13 Å². The Bertz CT molecular complexity index is 1330. The Balaban J connectivity index is 1.46. The third-order valence-electron chi connectivity index (χ3n) is 5.53. The van der Waals surface area contributed by atoms with Crippen molar-refractivity contribution >= 4 is 55.8 Å². The maximum Gasteiger partial charge on any atom is 0.234 e. The number of halogens is 2. The van der Waals surface area contributed by atoms with Gasteiger partial charge in [0.2, 0.25) is 11.8 Å². The van der Waals surface area contributed by atoms with Crippen LogP contribution in [0.15, 0.2) is 67.0 Å². The fourth-order valence-corrected chi connectivity index (χ4v) is 5.17. The van der Waals surface area contributed by atoms with Gasteiger partial charge in [0.25, 0.3) is 0 Å². The first-order chi connectivity index (χ1) is 16.0. The fourth-order valence-electron chi connectivity index (χ4n) is 3.90. The van der Waals surface area contributed by atoms with Crippen LogP contribution in [0.4, 0.5) is 15.2 Å². The summed E-state index contributed by atoms with van der Waals surface area (Å²) in [6.07, 6.45) is 3.44. The summed E-state index contributed by atoms with van der Waals surface area (Å²) in [4.78, 5) is 38.3. The van der Waals surface area contributed by atoms with Crippen LogP contribution >= 0.6 is 22.9 Å². The van der Waals surface area contributed by atoms with Crippen molar-refractivity contribution in [3.05, 3.63) is 83.4 Å². The molecule has 1 aliphatic heterocycles. The Morgan fingerprint density at radius 2 is 2.00 bits per heavy atom. The highest BCUT2D eigenvalue weighted by Gasteiger charge is 2.38. The van der Waals surface area contributed by atoms with Gasteiger partial charge in [-0.3, -0.25) is 19.5 Å². The largest absolute Gasteiger partial charge is 0.312 e. The van der Waals surface area contributed by atoms with E-state index in [-0.39, 0.29) is 37.1 Å². The normalized spacial score (nSPS) is 15.9. The Kier molecular flexibility index (Phi) is 5.78. The van der Waals surface area contributed by atoms with Crippen molar-refractivity contribution in [2.75, 3.05) is 16.3 Å².